The fourth-order valence-corrected chi connectivity index (χ4v) is 3.71. The van der Waals surface area contributed by atoms with Gasteiger partial charge in [0.2, 0.25) is 0 Å². The highest BCUT2D eigenvalue weighted by atomic mass is 16.5. The molecule has 0 aromatic heterocycles. The second kappa shape index (κ2) is 9.09. The average molecular weight is 346 g/mol. The van der Waals surface area contributed by atoms with Gasteiger partial charge in [-0.1, -0.05) is 18.6 Å². The Labute approximate surface area is 150 Å². The molecule has 3 rings (SSSR count). The number of nitrogens with one attached hydrogen (secondary N) is 1. The van der Waals surface area contributed by atoms with Gasteiger partial charge in [-0.05, 0) is 62.1 Å². The first-order valence-electron chi connectivity index (χ1n) is 9.64. The summed E-state index contributed by atoms with van der Waals surface area (Å²) in [5, 5.41) is 12.2. The predicted molar refractivity (Wildman–Crippen MR) is 97.6 cm³/mol. The number of aliphatic hydroxyl groups is 1. The van der Waals surface area contributed by atoms with Crippen LogP contribution in [-0.2, 0) is 6.54 Å². The van der Waals surface area contributed by atoms with Gasteiger partial charge in [0.05, 0.1) is 6.10 Å². The van der Waals surface area contributed by atoms with Crippen molar-refractivity contribution in [1.29, 1.82) is 0 Å². The van der Waals surface area contributed by atoms with Gasteiger partial charge in [0, 0.05) is 26.2 Å². The van der Waals surface area contributed by atoms with E-state index in [2.05, 4.69) is 5.32 Å². The number of hydrogen-bond donors (Lipinski definition) is 2. The van der Waals surface area contributed by atoms with Crippen LogP contribution in [0.1, 0.15) is 50.5 Å². The number of amides is 2. The van der Waals surface area contributed by atoms with Gasteiger partial charge in [0.25, 0.3) is 0 Å². The number of carbonyl (C=O) groups is 1. The van der Waals surface area contributed by atoms with Crippen molar-refractivity contribution in [3.63, 3.8) is 0 Å². The molecule has 1 aliphatic carbocycles. The Kier molecular flexibility index (Phi) is 6.56. The van der Waals surface area contributed by atoms with Crippen molar-refractivity contribution in [3.05, 3.63) is 29.8 Å². The molecule has 2 amide bonds. The molecule has 0 radical (unpaired) electrons. The lowest BCUT2D eigenvalue weighted by Crippen LogP contribution is -2.44. The highest BCUT2D eigenvalue weighted by molar-refractivity contribution is 5.74. The molecule has 2 N–H and O–H groups in total. The number of piperidine rings is 1. The van der Waals surface area contributed by atoms with Gasteiger partial charge in [-0.3, -0.25) is 0 Å². The molecule has 5 nitrogen and oxygen atoms in total. The number of hydrogen-bond acceptors (Lipinski definition) is 3. The normalized spacial score (nSPS) is 19.6. The van der Waals surface area contributed by atoms with Crippen LogP contribution in [0, 0.1) is 5.92 Å². The number of carbonyl (C=O) groups excluding carboxylic acids is 1. The molecular weight excluding hydrogens is 316 g/mol. The topological polar surface area (TPSA) is 61.8 Å². The van der Waals surface area contributed by atoms with Gasteiger partial charge in [-0.15, -0.1) is 0 Å². The molecule has 1 heterocycles. The molecule has 25 heavy (non-hydrogen) atoms. The molecule has 2 fully saturated rings. The summed E-state index contributed by atoms with van der Waals surface area (Å²) in [6, 6.07) is 8.03. The summed E-state index contributed by atoms with van der Waals surface area (Å²) in [6.45, 7) is 2.19. The number of likely N-dealkylation sites (tertiary alicyclic amines) is 1. The molecule has 0 atom stereocenters. The van der Waals surface area contributed by atoms with E-state index in [9.17, 15) is 9.90 Å². The Morgan fingerprint density at radius 1 is 1.16 bits per heavy atom. The molecule has 0 bridgehead atoms. The summed E-state index contributed by atoms with van der Waals surface area (Å²) >= 11 is 0. The van der Waals surface area contributed by atoms with Crippen LogP contribution in [0.2, 0.25) is 0 Å². The van der Waals surface area contributed by atoms with E-state index < -0.39 is 0 Å². The van der Waals surface area contributed by atoms with Crippen LogP contribution in [-0.4, -0.2) is 41.8 Å². The Bertz CT molecular complexity index is 550. The third-order valence-electron chi connectivity index (χ3n) is 5.36. The summed E-state index contributed by atoms with van der Waals surface area (Å²) in [7, 11) is 0. The van der Waals surface area contributed by atoms with Crippen LogP contribution in [0.3, 0.4) is 0 Å². The first-order chi connectivity index (χ1) is 12.2. The lowest BCUT2D eigenvalue weighted by molar-refractivity contribution is 0.137. The maximum absolute atomic E-state index is 12.3. The predicted octanol–water partition coefficient (Wildman–Crippen LogP) is 3.31. The molecule has 0 unspecified atom stereocenters. The summed E-state index contributed by atoms with van der Waals surface area (Å²) in [5.41, 5.74) is 1.06. The quantitative estimate of drug-likeness (QED) is 0.860. The van der Waals surface area contributed by atoms with E-state index in [4.69, 9.17) is 4.74 Å². The van der Waals surface area contributed by atoms with Crippen molar-refractivity contribution in [2.24, 2.45) is 5.92 Å². The van der Waals surface area contributed by atoms with E-state index in [1.165, 1.54) is 19.3 Å². The van der Waals surface area contributed by atoms with Gasteiger partial charge >= 0.3 is 6.03 Å². The molecule has 1 aromatic rings. The fourth-order valence-electron chi connectivity index (χ4n) is 3.71. The second-order valence-electron chi connectivity index (χ2n) is 7.30. The van der Waals surface area contributed by atoms with Crippen LogP contribution in [0.15, 0.2) is 24.3 Å². The first kappa shape index (κ1) is 18.1. The third kappa shape index (κ3) is 5.36. The second-order valence-corrected chi connectivity index (χ2v) is 7.30. The van der Waals surface area contributed by atoms with Crippen molar-refractivity contribution in [3.8, 4) is 5.75 Å². The van der Waals surface area contributed by atoms with Gasteiger partial charge in [0.1, 0.15) is 5.75 Å². The van der Waals surface area contributed by atoms with Crippen LogP contribution < -0.4 is 10.1 Å². The molecule has 1 aliphatic heterocycles. The van der Waals surface area contributed by atoms with Gasteiger partial charge in [0.15, 0.2) is 0 Å². The average Bonchev–Trinajstić information content (AvgIpc) is 2.67. The maximum Gasteiger partial charge on any atom is 0.317 e. The highest BCUT2D eigenvalue weighted by Crippen LogP contribution is 2.24. The minimum Gasteiger partial charge on any atom is -0.490 e. The Morgan fingerprint density at radius 3 is 2.64 bits per heavy atom. The summed E-state index contributed by atoms with van der Waals surface area (Å²) in [4.78, 5) is 14.1. The summed E-state index contributed by atoms with van der Waals surface area (Å²) < 4.78 is 6.10. The minimum absolute atomic E-state index is 0.0185. The number of aliphatic hydroxyl groups excluding tert-OH is 1. The number of rotatable bonds is 5. The van der Waals surface area contributed by atoms with Crippen molar-refractivity contribution in [2.45, 2.75) is 57.6 Å². The number of benzene rings is 1. The minimum atomic E-state index is -0.0185. The molecular formula is C20H30N2O3. The van der Waals surface area contributed by atoms with Gasteiger partial charge in [-0.2, -0.15) is 0 Å². The largest absolute Gasteiger partial charge is 0.490 e. The third-order valence-corrected chi connectivity index (χ3v) is 5.36. The van der Waals surface area contributed by atoms with E-state index >= 15 is 0 Å². The number of ether oxygens (including phenoxy) is 1. The van der Waals surface area contributed by atoms with Crippen LogP contribution in [0.5, 0.6) is 5.75 Å². The van der Waals surface area contributed by atoms with Gasteiger partial charge < -0.3 is 20.1 Å². The van der Waals surface area contributed by atoms with Crippen molar-refractivity contribution in [1.82, 2.24) is 10.2 Å². The lowest BCUT2D eigenvalue weighted by Gasteiger charge is -2.31. The molecule has 5 heteroatoms. The zero-order valence-corrected chi connectivity index (χ0v) is 15.0. The van der Waals surface area contributed by atoms with Crippen LogP contribution >= 0.6 is 0 Å². The molecule has 138 valence electrons. The first-order valence-corrected chi connectivity index (χ1v) is 9.64. The van der Waals surface area contributed by atoms with E-state index in [1.54, 1.807) is 0 Å². The lowest BCUT2D eigenvalue weighted by atomic mass is 9.98. The smallest absolute Gasteiger partial charge is 0.317 e. The van der Waals surface area contributed by atoms with E-state index in [1.807, 2.05) is 29.2 Å². The molecule has 0 spiro atoms. The molecule has 1 aromatic carbocycles. The summed E-state index contributed by atoms with van der Waals surface area (Å²) in [5.74, 6) is 1.25. The fraction of sp³-hybridized carbons (Fsp3) is 0.650. The SMILES string of the molecule is O=C(NCc1cccc(OC2CCCCC2)c1)N1CCC(CO)CC1. The Morgan fingerprint density at radius 2 is 1.92 bits per heavy atom. The van der Waals surface area contributed by atoms with E-state index in [0.717, 1.165) is 50.1 Å². The zero-order valence-electron chi connectivity index (χ0n) is 15.0. The van der Waals surface area contributed by atoms with E-state index in [0.29, 0.717) is 18.6 Å². The standard InChI is InChI=1S/C20H30N2O3/c23-15-16-9-11-22(12-10-16)20(24)21-14-17-5-4-8-19(13-17)25-18-6-2-1-3-7-18/h4-5,8,13,16,18,23H,1-3,6-7,9-12,14-15H2,(H,21,24). The van der Waals surface area contributed by atoms with Crippen LogP contribution in [0.25, 0.3) is 0 Å². The van der Waals surface area contributed by atoms with Crippen LogP contribution in [0.4, 0.5) is 4.79 Å². The van der Waals surface area contributed by atoms with Crippen molar-refractivity contribution in [2.75, 3.05) is 19.7 Å². The molecule has 2 aliphatic rings. The maximum atomic E-state index is 12.3. The number of nitrogens with zero attached hydrogens (tertiary/aromatic N) is 1. The number of urea groups is 1. The summed E-state index contributed by atoms with van der Waals surface area (Å²) in [6.07, 6.45) is 8.23. The van der Waals surface area contributed by atoms with Crippen molar-refractivity contribution >= 4 is 6.03 Å². The molecule has 1 saturated carbocycles. The Balaban J connectivity index is 1.46. The van der Waals surface area contributed by atoms with E-state index in [-0.39, 0.29) is 12.6 Å². The monoisotopic (exact) mass is 346 g/mol. The van der Waals surface area contributed by atoms with Crippen molar-refractivity contribution < 1.29 is 14.6 Å². The highest BCUT2D eigenvalue weighted by Gasteiger charge is 2.22. The van der Waals surface area contributed by atoms with Gasteiger partial charge in [-0.25, -0.2) is 4.79 Å². The Hall–Kier alpha value is -1.75. The zero-order chi connectivity index (χ0) is 17.5. The molecule has 1 saturated heterocycles.